The van der Waals surface area contributed by atoms with Crippen LogP contribution in [0.25, 0.3) is 0 Å². The average molecular weight is 488 g/mol. The number of benzene rings is 2. The number of nitrogens with zero attached hydrogens (tertiary/aromatic N) is 1. The summed E-state index contributed by atoms with van der Waals surface area (Å²) in [6.07, 6.45) is 5.09. The summed E-state index contributed by atoms with van der Waals surface area (Å²) in [5, 5.41) is 30.0. The van der Waals surface area contributed by atoms with Crippen molar-refractivity contribution in [1.29, 1.82) is 0 Å². The Bertz CT molecular complexity index is 1260. The van der Waals surface area contributed by atoms with E-state index >= 15 is 0 Å². The first kappa shape index (κ1) is 21.5. The van der Waals surface area contributed by atoms with Crippen molar-refractivity contribution < 1.29 is 19.7 Å². The smallest absolute Gasteiger partial charge is 0.240 e. The summed E-state index contributed by atoms with van der Waals surface area (Å²) < 4.78 is 6.57. The summed E-state index contributed by atoms with van der Waals surface area (Å²) in [7, 11) is 0. The quantitative estimate of drug-likeness (QED) is 0.516. The van der Waals surface area contributed by atoms with Gasteiger partial charge in [-0.1, -0.05) is 36.4 Å². The molecule has 2 aromatic carbocycles. The molecular weight excluding hydrogens is 454 g/mol. The van der Waals surface area contributed by atoms with Crippen molar-refractivity contribution in [3.63, 3.8) is 0 Å². The van der Waals surface area contributed by atoms with Crippen LogP contribution in [0.2, 0.25) is 0 Å². The minimum absolute atomic E-state index is 0.139. The van der Waals surface area contributed by atoms with Crippen molar-refractivity contribution in [3.8, 4) is 11.5 Å². The first-order valence-corrected chi connectivity index (χ1v) is 13.5. The van der Waals surface area contributed by atoms with E-state index in [1.165, 1.54) is 18.4 Å². The number of phenols is 1. The van der Waals surface area contributed by atoms with Crippen LogP contribution in [0.1, 0.15) is 48.8 Å². The zero-order valence-corrected chi connectivity index (χ0v) is 20.4. The fraction of sp³-hybridized carbons (Fsp3) is 0.552. The molecule has 4 heterocycles. The highest BCUT2D eigenvalue weighted by molar-refractivity contribution is 5.85. The lowest BCUT2D eigenvalue weighted by Crippen LogP contribution is -2.92. The van der Waals surface area contributed by atoms with Crippen LogP contribution in [0.15, 0.2) is 42.5 Å². The summed E-state index contributed by atoms with van der Waals surface area (Å²) in [5.74, 6) is 1.26. The predicted octanol–water partition coefficient (Wildman–Crippen LogP) is 1.98. The van der Waals surface area contributed by atoms with Crippen LogP contribution < -0.4 is 15.4 Å². The minimum Gasteiger partial charge on any atom is -0.504 e. The highest BCUT2D eigenvalue weighted by Gasteiger charge is 2.81. The van der Waals surface area contributed by atoms with E-state index in [0.29, 0.717) is 18.7 Å². The maximum Gasteiger partial charge on any atom is 0.240 e. The minimum atomic E-state index is -1.36. The van der Waals surface area contributed by atoms with Gasteiger partial charge >= 0.3 is 0 Å². The van der Waals surface area contributed by atoms with Crippen LogP contribution in [0.3, 0.4) is 0 Å². The maximum atomic E-state index is 13.7. The molecule has 7 heteroatoms. The van der Waals surface area contributed by atoms with Crippen LogP contribution in [-0.2, 0) is 23.2 Å². The van der Waals surface area contributed by atoms with Gasteiger partial charge in [-0.15, -0.1) is 0 Å². The molecule has 5 fully saturated rings. The van der Waals surface area contributed by atoms with Gasteiger partial charge in [0, 0.05) is 30.2 Å². The van der Waals surface area contributed by atoms with Crippen molar-refractivity contribution in [3.05, 3.63) is 59.2 Å². The molecule has 1 amide bonds. The number of phenolic OH excluding ortho intramolecular Hbond substituents is 1. The third-order valence-corrected chi connectivity index (χ3v) is 10.4. The van der Waals surface area contributed by atoms with Gasteiger partial charge in [-0.2, -0.15) is 0 Å². The lowest BCUT2D eigenvalue weighted by Gasteiger charge is -2.73. The van der Waals surface area contributed by atoms with Gasteiger partial charge < -0.3 is 20.3 Å². The third-order valence-electron chi connectivity index (χ3n) is 10.4. The van der Waals surface area contributed by atoms with Crippen molar-refractivity contribution in [1.82, 2.24) is 15.5 Å². The number of nitrogens with one attached hydrogen (secondary N) is 2. The zero-order chi connectivity index (χ0) is 24.3. The Morgan fingerprint density at radius 2 is 1.97 bits per heavy atom. The Hall–Kier alpha value is -2.61. The van der Waals surface area contributed by atoms with E-state index in [1.807, 2.05) is 30.3 Å². The molecule has 3 aliphatic carbocycles. The molecule has 4 bridgehead atoms. The normalized spacial score (nSPS) is 39.4. The summed E-state index contributed by atoms with van der Waals surface area (Å²) >= 11 is 0. The SMILES string of the molecule is O=C(NCc1ccccc1)[C@H]1N[C@@]23CC[C@]1(O)[C@@H]1Oc4c(O)ccc5c4[C@@]12CCN(CC1CC1)[C@@H]3C5. The topological polar surface area (TPSA) is 94.1 Å². The molecule has 188 valence electrons. The molecule has 6 atom stereocenters. The van der Waals surface area contributed by atoms with E-state index in [4.69, 9.17) is 4.74 Å². The van der Waals surface area contributed by atoms with Crippen LogP contribution in [0.4, 0.5) is 0 Å². The van der Waals surface area contributed by atoms with Gasteiger partial charge in [0.25, 0.3) is 0 Å². The fourth-order valence-electron chi connectivity index (χ4n) is 8.73. The first-order valence-electron chi connectivity index (χ1n) is 13.5. The third kappa shape index (κ3) is 2.51. The van der Waals surface area contributed by atoms with Gasteiger partial charge in [0.2, 0.25) is 5.91 Å². The van der Waals surface area contributed by atoms with E-state index < -0.39 is 23.2 Å². The number of ether oxygens (including phenoxy) is 1. The van der Waals surface area contributed by atoms with E-state index in [1.54, 1.807) is 6.07 Å². The van der Waals surface area contributed by atoms with Gasteiger partial charge in [0.05, 0.1) is 5.41 Å². The Kier molecular flexibility index (Phi) is 4.19. The van der Waals surface area contributed by atoms with Gasteiger partial charge in [-0.05, 0) is 68.2 Å². The monoisotopic (exact) mass is 487 g/mol. The number of fused-ring (bicyclic) bond motifs is 2. The average Bonchev–Trinajstić information content (AvgIpc) is 3.63. The van der Waals surface area contributed by atoms with Crippen molar-refractivity contribution in [2.75, 3.05) is 13.1 Å². The number of hydrogen-bond acceptors (Lipinski definition) is 6. The van der Waals surface area contributed by atoms with E-state index in [0.717, 1.165) is 49.4 Å². The number of hydrogen-bond donors (Lipinski definition) is 4. The molecule has 0 radical (unpaired) electrons. The Balaban J connectivity index is 1.23. The molecule has 4 N–H and O–H groups in total. The molecule has 3 saturated heterocycles. The number of aromatic hydroxyl groups is 1. The van der Waals surface area contributed by atoms with Crippen molar-refractivity contribution in [2.45, 2.75) is 79.8 Å². The van der Waals surface area contributed by atoms with Crippen LogP contribution in [0, 0.1) is 5.92 Å². The molecule has 36 heavy (non-hydrogen) atoms. The van der Waals surface area contributed by atoms with E-state index in [-0.39, 0.29) is 23.2 Å². The fourth-order valence-corrected chi connectivity index (χ4v) is 8.73. The Labute approximate surface area is 210 Å². The molecule has 2 saturated carbocycles. The Morgan fingerprint density at radius 1 is 1.14 bits per heavy atom. The summed E-state index contributed by atoms with van der Waals surface area (Å²) in [4.78, 5) is 16.4. The number of carbonyl (C=O) groups excluding carboxylic acids is 1. The van der Waals surface area contributed by atoms with Crippen LogP contribution in [-0.4, -0.2) is 63.4 Å². The molecule has 2 spiro atoms. The van der Waals surface area contributed by atoms with E-state index in [2.05, 4.69) is 21.6 Å². The number of piperidine rings is 3. The van der Waals surface area contributed by atoms with Crippen molar-refractivity contribution >= 4 is 5.91 Å². The van der Waals surface area contributed by atoms with Gasteiger partial charge in [-0.25, -0.2) is 0 Å². The highest BCUT2D eigenvalue weighted by Crippen LogP contribution is 2.69. The Morgan fingerprint density at radius 3 is 2.78 bits per heavy atom. The second-order valence-electron chi connectivity index (χ2n) is 12.1. The molecule has 0 aromatic heterocycles. The number of amides is 1. The second kappa shape index (κ2) is 7.03. The van der Waals surface area contributed by atoms with Gasteiger partial charge in [0.1, 0.15) is 17.7 Å². The molecule has 7 aliphatic rings. The molecule has 2 aromatic rings. The van der Waals surface area contributed by atoms with E-state index in [9.17, 15) is 15.0 Å². The zero-order valence-electron chi connectivity index (χ0n) is 20.4. The number of rotatable bonds is 5. The summed E-state index contributed by atoms with van der Waals surface area (Å²) in [6, 6.07) is 13.1. The first-order chi connectivity index (χ1) is 17.5. The molecule has 9 rings (SSSR count). The van der Waals surface area contributed by atoms with Gasteiger partial charge in [0.15, 0.2) is 11.5 Å². The summed E-state index contributed by atoms with van der Waals surface area (Å²) in [5.41, 5.74) is 1.16. The number of likely N-dealkylation sites (tertiary alicyclic amines) is 1. The highest BCUT2D eigenvalue weighted by atomic mass is 16.5. The summed E-state index contributed by atoms with van der Waals surface area (Å²) in [6.45, 7) is 2.48. The van der Waals surface area contributed by atoms with Crippen LogP contribution in [0.5, 0.6) is 11.5 Å². The molecular formula is C29H33N3O4. The molecule has 4 aliphatic heterocycles. The second-order valence-corrected chi connectivity index (χ2v) is 12.1. The lowest BCUT2D eigenvalue weighted by molar-refractivity contribution is -0.231. The van der Waals surface area contributed by atoms with Crippen LogP contribution >= 0.6 is 0 Å². The lowest BCUT2D eigenvalue weighted by atomic mass is 9.41. The molecule has 0 unspecified atom stereocenters. The largest absolute Gasteiger partial charge is 0.504 e. The predicted molar refractivity (Wildman–Crippen MR) is 133 cm³/mol. The number of aliphatic hydroxyl groups is 1. The maximum absolute atomic E-state index is 13.7. The van der Waals surface area contributed by atoms with Gasteiger partial charge in [-0.3, -0.25) is 15.0 Å². The van der Waals surface area contributed by atoms with Crippen molar-refractivity contribution in [2.24, 2.45) is 5.92 Å². The number of carbonyl (C=O) groups is 1. The standard InChI is InChI=1S/C29H33N3O4/c33-20-9-8-19-14-21-29-11-10-28(35,24(31-29)25(34)30-15-17-4-2-1-3-5-17)26-27(29,22(19)23(20)36-26)12-13-32(21)16-18-6-7-18/h1-5,8-9,18,21,24,26,31,33,35H,6-7,10-16H2,(H,30,34)/t21-,24-,26-,27+,28-,29-/m1/s1. The molecule has 7 nitrogen and oxygen atoms in total.